The van der Waals surface area contributed by atoms with Crippen molar-refractivity contribution in [3.05, 3.63) is 23.9 Å². The second kappa shape index (κ2) is 5.13. The third-order valence-electron chi connectivity index (χ3n) is 3.50. The number of phenolic OH excluding ortho intramolecular Hbond substituents is 1. The average molecular weight is 276 g/mol. The van der Waals surface area contributed by atoms with Crippen LogP contribution in [0.2, 0.25) is 0 Å². The Morgan fingerprint density at radius 1 is 1.50 bits per heavy atom. The first kappa shape index (κ1) is 12.9. The van der Waals surface area contributed by atoms with Crippen LogP contribution < -0.4 is 0 Å². The first-order valence-corrected chi connectivity index (χ1v) is 6.62. The summed E-state index contributed by atoms with van der Waals surface area (Å²) in [5, 5.41) is 14.6. The Morgan fingerprint density at radius 2 is 2.35 bits per heavy atom. The Labute approximate surface area is 115 Å². The summed E-state index contributed by atoms with van der Waals surface area (Å²) in [5.74, 6) is -0.360. The predicted octanol–water partition coefficient (Wildman–Crippen LogP) is 2.23. The van der Waals surface area contributed by atoms with Crippen LogP contribution in [-0.4, -0.2) is 34.6 Å². The van der Waals surface area contributed by atoms with Crippen molar-refractivity contribution in [3.63, 3.8) is 0 Å². The van der Waals surface area contributed by atoms with Crippen molar-refractivity contribution in [2.75, 3.05) is 13.7 Å². The van der Waals surface area contributed by atoms with Gasteiger partial charge >= 0.3 is 5.97 Å². The molecule has 0 spiro atoms. The Morgan fingerprint density at radius 3 is 3.05 bits per heavy atom. The van der Waals surface area contributed by atoms with Gasteiger partial charge in [-0.2, -0.15) is 5.10 Å². The van der Waals surface area contributed by atoms with Crippen LogP contribution in [0.5, 0.6) is 5.75 Å². The zero-order chi connectivity index (χ0) is 14.1. The average Bonchev–Trinajstić information content (AvgIpc) is 2.86. The number of carbonyl (C=O) groups excluding carboxylic acids is 1. The van der Waals surface area contributed by atoms with Gasteiger partial charge in [-0.25, -0.2) is 9.48 Å². The molecule has 1 saturated heterocycles. The van der Waals surface area contributed by atoms with Gasteiger partial charge < -0.3 is 14.6 Å². The number of benzene rings is 1. The highest BCUT2D eigenvalue weighted by Gasteiger charge is 2.24. The number of hydrogen-bond donors (Lipinski definition) is 1. The van der Waals surface area contributed by atoms with Crippen LogP contribution in [0.3, 0.4) is 0 Å². The van der Waals surface area contributed by atoms with E-state index in [2.05, 4.69) is 5.10 Å². The fraction of sp³-hybridized carbons (Fsp3) is 0.429. The fourth-order valence-electron chi connectivity index (χ4n) is 2.51. The largest absolute Gasteiger partial charge is 0.508 e. The minimum Gasteiger partial charge on any atom is -0.508 e. The Bertz CT molecular complexity index is 644. The maximum absolute atomic E-state index is 11.8. The van der Waals surface area contributed by atoms with E-state index < -0.39 is 5.97 Å². The number of phenols is 1. The van der Waals surface area contributed by atoms with E-state index in [1.165, 1.54) is 13.2 Å². The Kier molecular flexibility index (Phi) is 3.31. The van der Waals surface area contributed by atoms with Crippen molar-refractivity contribution >= 4 is 16.9 Å². The summed E-state index contributed by atoms with van der Waals surface area (Å²) in [6.07, 6.45) is 2.72. The monoisotopic (exact) mass is 276 g/mol. The van der Waals surface area contributed by atoms with E-state index in [0.29, 0.717) is 17.5 Å². The zero-order valence-electron chi connectivity index (χ0n) is 11.2. The molecule has 1 aliphatic heterocycles. The fourth-order valence-corrected chi connectivity index (χ4v) is 2.51. The third-order valence-corrected chi connectivity index (χ3v) is 3.50. The second-order valence-electron chi connectivity index (χ2n) is 4.81. The van der Waals surface area contributed by atoms with Gasteiger partial charge in [0.2, 0.25) is 0 Å². The van der Waals surface area contributed by atoms with Gasteiger partial charge in [0.1, 0.15) is 5.75 Å². The number of carbonyl (C=O) groups is 1. The molecular formula is C14H16N2O4. The highest BCUT2D eigenvalue weighted by molar-refractivity contribution is 6.02. The number of hydrogen-bond acceptors (Lipinski definition) is 5. The lowest BCUT2D eigenvalue weighted by Crippen LogP contribution is -2.19. The topological polar surface area (TPSA) is 73.6 Å². The van der Waals surface area contributed by atoms with Crippen molar-refractivity contribution in [2.45, 2.75) is 25.5 Å². The smallest absolute Gasteiger partial charge is 0.359 e. The molecule has 1 N–H and O–H groups in total. The molecule has 1 unspecified atom stereocenters. The van der Waals surface area contributed by atoms with Crippen LogP contribution in [0.25, 0.3) is 10.9 Å². The summed E-state index contributed by atoms with van der Waals surface area (Å²) in [6.45, 7) is 0.679. The van der Waals surface area contributed by atoms with Gasteiger partial charge in [-0.3, -0.25) is 0 Å². The number of ether oxygens (including phenoxy) is 2. The van der Waals surface area contributed by atoms with Crippen molar-refractivity contribution in [1.29, 1.82) is 0 Å². The van der Waals surface area contributed by atoms with Crippen LogP contribution in [0, 0.1) is 0 Å². The number of methoxy groups -OCH3 is 1. The van der Waals surface area contributed by atoms with E-state index in [9.17, 15) is 9.90 Å². The minimum atomic E-state index is -0.491. The Balaban J connectivity index is 2.15. The van der Waals surface area contributed by atoms with Gasteiger partial charge in [-0.1, -0.05) is 0 Å². The van der Waals surface area contributed by atoms with Crippen LogP contribution in [-0.2, 0) is 9.47 Å². The molecular weight excluding hydrogens is 260 g/mol. The minimum absolute atomic E-state index is 0.130. The quantitative estimate of drug-likeness (QED) is 0.851. The molecule has 2 aromatic rings. The molecule has 2 heterocycles. The molecule has 20 heavy (non-hydrogen) atoms. The number of rotatable bonds is 2. The van der Waals surface area contributed by atoms with E-state index in [1.807, 2.05) is 0 Å². The summed E-state index contributed by atoms with van der Waals surface area (Å²) in [6, 6.07) is 4.79. The van der Waals surface area contributed by atoms with E-state index in [1.54, 1.807) is 16.8 Å². The van der Waals surface area contributed by atoms with Crippen molar-refractivity contribution < 1.29 is 19.4 Å². The van der Waals surface area contributed by atoms with Gasteiger partial charge in [0.05, 0.1) is 12.6 Å². The van der Waals surface area contributed by atoms with Crippen LogP contribution in [0.4, 0.5) is 0 Å². The van der Waals surface area contributed by atoms with E-state index in [4.69, 9.17) is 9.47 Å². The predicted molar refractivity (Wildman–Crippen MR) is 71.6 cm³/mol. The number of aromatic nitrogens is 2. The van der Waals surface area contributed by atoms with Crippen LogP contribution in [0.15, 0.2) is 18.2 Å². The summed E-state index contributed by atoms with van der Waals surface area (Å²) >= 11 is 0. The highest BCUT2D eigenvalue weighted by Crippen LogP contribution is 2.30. The normalized spacial score (nSPS) is 19.1. The van der Waals surface area contributed by atoms with Gasteiger partial charge in [0.15, 0.2) is 11.9 Å². The molecule has 1 aromatic carbocycles. The molecule has 0 aliphatic carbocycles. The first-order valence-electron chi connectivity index (χ1n) is 6.62. The lowest BCUT2D eigenvalue weighted by atomic mass is 10.1. The SMILES string of the molecule is COC(=O)c1nn(C2CCCCO2)c2cc(O)ccc12. The lowest BCUT2D eigenvalue weighted by Gasteiger charge is -2.23. The van der Waals surface area contributed by atoms with Gasteiger partial charge in [0, 0.05) is 18.1 Å². The summed E-state index contributed by atoms with van der Waals surface area (Å²) in [5.41, 5.74) is 0.925. The number of fused-ring (bicyclic) bond motifs is 1. The summed E-state index contributed by atoms with van der Waals surface area (Å²) in [4.78, 5) is 11.8. The summed E-state index contributed by atoms with van der Waals surface area (Å²) in [7, 11) is 1.32. The molecule has 0 radical (unpaired) electrons. The van der Waals surface area contributed by atoms with Crippen molar-refractivity contribution in [1.82, 2.24) is 9.78 Å². The Hall–Kier alpha value is -2.08. The zero-order valence-corrected chi connectivity index (χ0v) is 11.2. The number of nitrogens with zero attached hydrogens (tertiary/aromatic N) is 2. The number of esters is 1. The van der Waals surface area contributed by atoms with Gasteiger partial charge in [0.25, 0.3) is 0 Å². The summed E-state index contributed by atoms with van der Waals surface area (Å²) < 4.78 is 12.1. The van der Waals surface area contributed by atoms with Crippen LogP contribution in [0.1, 0.15) is 36.0 Å². The molecule has 3 rings (SSSR count). The molecule has 0 amide bonds. The molecule has 0 bridgehead atoms. The van der Waals surface area contributed by atoms with Gasteiger partial charge in [-0.15, -0.1) is 0 Å². The molecule has 0 saturated carbocycles. The molecule has 1 aromatic heterocycles. The van der Waals surface area contributed by atoms with Crippen LogP contribution >= 0.6 is 0 Å². The molecule has 6 nitrogen and oxygen atoms in total. The van der Waals surface area contributed by atoms with E-state index in [-0.39, 0.29) is 17.7 Å². The molecule has 6 heteroatoms. The maximum Gasteiger partial charge on any atom is 0.359 e. The highest BCUT2D eigenvalue weighted by atomic mass is 16.5. The maximum atomic E-state index is 11.8. The van der Waals surface area contributed by atoms with E-state index >= 15 is 0 Å². The first-order chi connectivity index (χ1) is 9.70. The molecule has 106 valence electrons. The third kappa shape index (κ3) is 2.12. The van der Waals surface area contributed by atoms with Gasteiger partial charge in [-0.05, 0) is 31.4 Å². The standard InChI is InChI=1S/C14H16N2O4/c1-19-14(18)13-10-6-5-9(17)8-11(10)16(15-13)12-4-2-3-7-20-12/h5-6,8,12,17H,2-4,7H2,1H3. The second-order valence-corrected chi connectivity index (χ2v) is 4.81. The lowest BCUT2D eigenvalue weighted by molar-refractivity contribution is -0.0369. The van der Waals surface area contributed by atoms with E-state index in [0.717, 1.165) is 19.3 Å². The number of aromatic hydroxyl groups is 1. The molecule has 1 aliphatic rings. The molecule has 1 atom stereocenters. The molecule has 1 fully saturated rings. The van der Waals surface area contributed by atoms with Crippen molar-refractivity contribution in [2.24, 2.45) is 0 Å². The van der Waals surface area contributed by atoms with Crippen molar-refractivity contribution in [3.8, 4) is 5.75 Å².